The molecule has 2 rings (SSSR count). The maximum atomic E-state index is 7.84. The summed E-state index contributed by atoms with van der Waals surface area (Å²) in [6.45, 7) is 8.15. The van der Waals surface area contributed by atoms with Gasteiger partial charge in [0.1, 0.15) is 5.84 Å². The largest absolute Gasteiger partial charge is 0.384 e. The van der Waals surface area contributed by atoms with E-state index in [1.54, 1.807) is 0 Å². The summed E-state index contributed by atoms with van der Waals surface area (Å²) < 4.78 is 0. The topological polar surface area (TPSA) is 69.2 Å². The molecule has 3 N–H and O–H groups in total. The van der Waals surface area contributed by atoms with Gasteiger partial charge >= 0.3 is 0 Å². The van der Waals surface area contributed by atoms with Crippen LogP contribution in [0.1, 0.15) is 23.9 Å². The predicted octanol–water partition coefficient (Wildman–Crippen LogP) is 1.37. The summed E-state index contributed by atoms with van der Waals surface area (Å²) >= 11 is 0. The highest BCUT2D eigenvalue weighted by molar-refractivity contribution is 6.01. The van der Waals surface area contributed by atoms with Crippen molar-refractivity contribution in [1.82, 2.24) is 9.88 Å². The molecule has 1 aliphatic heterocycles. The van der Waals surface area contributed by atoms with Crippen molar-refractivity contribution in [2.75, 3.05) is 32.1 Å². The van der Waals surface area contributed by atoms with E-state index >= 15 is 0 Å². The molecule has 0 amide bonds. The van der Waals surface area contributed by atoms with E-state index in [4.69, 9.17) is 11.1 Å². The van der Waals surface area contributed by atoms with E-state index in [0.717, 1.165) is 35.7 Å². The van der Waals surface area contributed by atoms with Crippen LogP contribution in [0.2, 0.25) is 0 Å². The molecule has 2 unspecified atom stereocenters. The smallest absolute Gasteiger partial charge is 0.126 e. The Morgan fingerprint density at radius 2 is 2.05 bits per heavy atom. The Kier molecular flexibility index (Phi) is 3.99. The molecule has 5 nitrogen and oxygen atoms in total. The molecule has 1 aliphatic rings. The standard InChI is InChI=1S/C15H25N5/c1-9-7-20(8-13(9)19(4)5)12-6-10(2)18-11(3)14(12)15(16)17/h6,9,13H,7-8H2,1-5H3,(H3,16,17). The first-order valence-electron chi connectivity index (χ1n) is 7.05. The fraction of sp³-hybridized carbons (Fsp3) is 0.600. The first-order valence-corrected chi connectivity index (χ1v) is 7.05. The maximum Gasteiger partial charge on any atom is 0.126 e. The fourth-order valence-corrected chi connectivity index (χ4v) is 3.21. The zero-order chi connectivity index (χ0) is 15.0. The molecule has 1 aromatic heterocycles. The van der Waals surface area contributed by atoms with Crippen LogP contribution in [-0.2, 0) is 0 Å². The van der Waals surface area contributed by atoms with Gasteiger partial charge in [0.05, 0.1) is 16.9 Å². The van der Waals surface area contributed by atoms with E-state index in [9.17, 15) is 0 Å². The maximum absolute atomic E-state index is 7.84. The van der Waals surface area contributed by atoms with Crippen LogP contribution in [0.15, 0.2) is 6.07 Å². The van der Waals surface area contributed by atoms with Crippen molar-refractivity contribution in [3.05, 3.63) is 23.0 Å². The minimum atomic E-state index is 0.103. The molecule has 2 heterocycles. The zero-order valence-corrected chi connectivity index (χ0v) is 13.1. The second-order valence-corrected chi connectivity index (χ2v) is 6.07. The number of nitrogen functional groups attached to an aromatic ring is 1. The van der Waals surface area contributed by atoms with Crippen LogP contribution in [0.3, 0.4) is 0 Å². The number of nitrogens with one attached hydrogen (secondary N) is 1. The minimum absolute atomic E-state index is 0.103. The molecule has 20 heavy (non-hydrogen) atoms. The predicted molar refractivity (Wildman–Crippen MR) is 83.6 cm³/mol. The number of nitrogens with two attached hydrogens (primary N) is 1. The summed E-state index contributed by atoms with van der Waals surface area (Å²) in [4.78, 5) is 9.06. The Morgan fingerprint density at radius 1 is 1.40 bits per heavy atom. The number of likely N-dealkylation sites (N-methyl/N-ethyl adjacent to an activating group) is 1. The molecule has 5 heteroatoms. The van der Waals surface area contributed by atoms with Crippen molar-refractivity contribution in [3.63, 3.8) is 0 Å². The quantitative estimate of drug-likeness (QED) is 0.646. The minimum Gasteiger partial charge on any atom is -0.384 e. The molecular formula is C15H25N5. The number of aromatic nitrogens is 1. The van der Waals surface area contributed by atoms with Crippen LogP contribution in [0.25, 0.3) is 0 Å². The molecule has 0 bridgehead atoms. The van der Waals surface area contributed by atoms with Crippen molar-refractivity contribution in [3.8, 4) is 0 Å². The van der Waals surface area contributed by atoms with Crippen LogP contribution < -0.4 is 10.6 Å². The highest BCUT2D eigenvalue weighted by Crippen LogP contribution is 2.30. The second-order valence-electron chi connectivity index (χ2n) is 6.07. The van der Waals surface area contributed by atoms with E-state index in [1.165, 1.54) is 0 Å². The third-order valence-corrected chi connectivity index (χ3v) is 4.15. The van der Waals surface area contributed by atoms with Crippen LogP contribution in [-0.4, -0.2) is 48.9 Å². The van der Waals surface area contributed by atoms with Gasteiger partial charge in [0, 0.05) is 24.8 Å². The summed E-state index contributed by atoms with van der Waals surface area (Å²) in [5, 5.41) is 7.84. The van der Waals surface area contributed by atoms with E-state index < -0.39 is 0 Å². The number of rotatable bonds is 3. The first kappa shape index (κ1) is 14.8. The van der Waals surface area contributed by atoms with Gasteiger partial charge in [0.15, 0.2) is 0 Å². The number of aryl methyl sites for hydroxylation is 2. The summed E-state index contributed by atoms with van der Waals surface area (Å²) in [5.41, 5.74) is 9.42. The highest BCUT2D eigenvalue weighted by Gasteiger charge is 2.32. The molecule has 2 atom stereocenters. The monoisotopic (exact) mass is 275 g/mol. The average Bonchev–Trinajstić information content (AvgIpc) is 2.69. The highest BCUT2D eigenvalue weighted by atomic mass is 15.2. The number of hydrogen-bond donors (Lipinski definition) is 2. The van der Waals surface area contributed by atoms with Gasteiger partial charge in [0.25, 0.3) is 0 Å². The van der Waals surface area contributed by atoms with Gasteiger partial charge in [-0.15, -0.1) is 0 Å². The van der Waals surface area contributed by atoms with Crippen molar-refractivity contribution >= 4 is 11.5 Å². The molecular weight excluding hydrogens is 250 g/mol. The lowest BCUT2D eigenvalue weighted by molar-refractivity contribution is 0.266. The van der Waals surface area contributed by atoms with Gasteiger partial charge in [-0.05, 0) is 39.9 Å². The van der Waals surface area contributed by atoms with Crippen LogP contribution in [0.4, 0.5) is 5.69 Å². The Balaban J connectivity index is 2.41. The molecule has 0 aromatic carbocycles. The molecule has 1 fully saturated rings. The van der Waals surface area contributed by atoms with Crippen molar-refractivity contribution < 1.29 is 0 Å². The Morgan fingerprint density at radius 3 is 2.55 bits per heavy atom. The third-order valence-electron chi connectivity index (χ3n) is 4.15. The second kappa shape index (κ2) is 5.40. The van der Waals surface area contributed by atoms with E-state index in [2.05, 4.69) is 41.9 Å². The van der Waals surface area contributed by atoms with Crippen molar-refractivity contribution in [1.29, 1.82) is 5.41 Å². The van der Waals surface area contributed by atoms with Crippen molar-refractivity contribution in [2.45, 2.75) is 26.8 Å². The third kappa shape index (κ3) is 2.63. The van der Waals surface area contributed by atoms with Crippen LogP contribution in [0.5, 0.6) is 0 Å². The molecule has 110 valence electrons. The first-order chi connectivity index (χ1) is 9.31. The van der Waals surface area contributed by atoms with Crippen LogP contribution >= 0.6 is 0 Å². The molecule has 0 saturated carbocycles. The molecule has 1 aromatic rings. The Bertz CT molecular complexity index is 523. The van der Waals surface area contributed by atoms with Crippen LogP contribution in [0, 0.1) is 25.2 Å². The van der Waals surface area contributed by atoms with E-state index in [1.807, 2.05) is 13.8 Å². The summed E-state index contributed by atoms with van der Waals surface area (Å²) in [5.74, 6) is 0.699. The van der Waals surface area contributed by atoms with Gasteiger partial charge in [0.2, 0.25) is 0 Å². The normalized spacial score (nSPS) is 22.6. The average molecular weight is 275 g/mol. The Hall–Kier alpha value is -1.62. The van der Waals surface area contributed by atoms with Gasteiger partial charge in [-0.2, -0.15) is 0 Å². The van der Waals surface area contributed by atoms with Gasteiger partial charge in [-0.1, -0.05) is 6.92 Å². The summed E-state index contributed by atoms with van der Waals surface area (Å²) in [7, 11) is 4.25. The Labute approximate surface area is 121 Å². The van der Waals surface area contributed by atoms with Crippen molar-refractivity contribution in [2.24, 2.45) is 11.7 Å². The lowest BCUT2D eigenvalue weighted by Gasteiger charge is -2.25. The number of anilines is 1. The molecule has 0 spiro atoms. The number of nitrogens with zero attached hydrogens (tertiary/aromatic N) is 3. The number of amidine groups is 1. The van der Waals surface area contributed by atoms with E-state index in [-0.39, 0.29) is 5.84 Å². The fourth-order valence-electron chi connectivity index (χ4n) is 3.21. The molecule has 0 aliphatic carbocycles. The van der Waals surface area contributed by atoms with Gasteiger partial charge in [-0.25, -0.2) is 0 Å². The number of hydrogen-bond acceptors (Lipinski definition) is 4. The lowest BCUT2D eigenvalue weighted by atomic mass is 10.1. The van der Waals surface area contributed by atoms with E-state index in [0.29, 0.717) is 12.0 Å². The summed E-state index contributed by atoms with van der Waals surface area (Å²) in [6.07, 6.45) is 0. The molecule has 1 saturated heterocycles. The number of pyridine rings is 1. The molecule has 0 radical (unpaired) electrons. The zero-order valence-electron chi connectivity index (χ0n) is 13.1. The lowest BCUT2D eigenvalue weighted by Crippen LogP contribution is -2.34. The van der Waals surface area contributed by atoms with Gasteiger partial charge < -0.3 is 15.5 Å². The summed E-state index contributed by atoms with van der Waals surface area (Å²) in [6, 6.07) is 2.58. The van der Waals surface area contributed by atoms with Gasteiger partial charge in [-0.3, -0.25) is 10.4 Å². The SMILES string of the molecule is Cc1cc(N2CC(C)C(N(C)C)C2)c(C(=N)N)c(C)n1.